The maximum absolute atomic E-state index is 11.1. The lowest BCUT2D eigenvalue weighted by Crippen LogP contribution is -1.92. The number of nitro groups is 1. The lowest BCUT2D eigenvalue weighted by Gasteiger charge is -1.99. The highest BCUT2D eigenvalue weighted by Gasteiger charge is 2.24. The number of fused-ring (bicyclic) bond motifs is 3. The van der Waals surface area contributed by atoms with Crippen molar-refractivity contribution in [1.29, 1.82) is 0 Å². The maximum Gasteiger partial charge on any atom is 0.317 e. The Morgan fingerprint density at radius 1 is 1.33 bits per heavy atom. The Kier molecular flexibility index (Phi) is 2.39. The molecule has 2 heterocycles. The number of benzene rings is 1. The van der Waals surface area contributed by atoms with Crippen molar-refractivity contribution in [2.75, 3.05) is 0 Å². The molecule has 3 rings (SSSR count). The average Bonchev–Trinajstić information content (AvgIpc) is 2.68. The van der Waals surface area contributed by atoms with Gasteiger partial charge in [-0.15, -0.1) is 0 Å². The minimum atomic E-state index is -0.566. The molecule has 0 fully saturated rings. The van der Waals surface area contributed by atoms with Gasteiger partial charge in [0, 0.05) is 6.20 Å². The van der Waals surface area contributed by atoms with E-state index in [4.69, 9.17) is 23.2 Å². The number of hydrogen-bond acceptors (Lipinski definition) is 3. The van der Waals surface area contributed by atoms with Crippen LogP contribution in [-0.2, 0) is 0 Å². The number of pyridine rings is 1. The molecule has 18 heavy (non-hydrogen) atoms. The summed E-state index contributed by atoms with van der Waals surface area (Å²) in [6.45, 7) is 0. The summed E-state index contributed by atoms with van der Waals surface area (Å²) in [7, 11) is 0. The fourth-order valence-electron chi connectivity index (χ4n) is 1.89. The third-order valence-electron chi connectivity index (χ3n) is 2.65. The molecule has 0 saturated heterocycles. The zero-order chi connectivity index (χ0) is 12.9. The van der Waals surface area contributed by atoms with Crippen molar-refractivity contribution < 1.29 is 4.92 Å². The Balaban J connectivity index is 2.59. The topological polar surface area (TPSA) is 60.4 Å². The van der Waals surface area contributed by atoms with E-state index in [9.17, 15) is 10.1 Å². The van der Waals surface area contributed by atoms with Crippen LogP contribution in [0.4, 0.5) is 5.69 Å². The lowest BCUT2D eigenvalue weighted by molar-refractivity contribution is -0.383. The summed E-state index contributed by atoms with van der Waals surface area (Å²) in [4.78, 5) is 14.7. The van der Waals surface area contributed by atoms with E-state index in [1.807, 2.05) is 6.07 Å². The summed E-state index contributed by atoms with van der Waals surface area (Å²) in [6, 6.07) is 6.94. The van der Waals surface area contributed by atoms with Crippen LogP contribution in [0, 0.1) is 10.1 Å². The normalized spacial score (nSPS) is 11.2. The van der Waals surface area contributed by atoms with E-state index in [-0.39, 0.29) is 21.2 Å². The van der Waals surface area contributed by atoms with Crippen LogP contribution in [-0.4, -0.2) is 14.3 Å². The first kappa shape index (κ1) is 11.3. The minimum Gasteiger partial charge on any atom is -0.299 e. The van der Waals surface area contributed by atoms with Gasteiger partial charge in [0.05, 0.1) is 15.5 Å². The van der Waals surface area contributed by atoms with E-state index in [0.29, 0.717) is 11.2 Å². The summed E-state index contributed by atoms with van der Waals surface area (Å²) >= 11 is 11.8. The van der Waals surface area contributed by atoms with E-state index < -0.39 is 4.92 Å². The van der Waals surface area contributed by atoms with Gasteiger partial charge in [0.15, 0.2) is 5.52 Å². The highest BCUT2D eigenvalue weighted by atomic mass is 35.5. The van der Waals surface area contributed by atoms with Gasteiger partial charge in [-0.1, -0.05) is 29.3 Å². The second kappa shape index (κ2) is 3.83. The van der Waals surface area contributed by atoms with Gasteiger partial charge in [0.2, 0.25) is 0 Å². The molecule has 0 saturated carbocycles. The summed E-state index contributed by atoms with van der Waals surface area (Å²) in [5, 5.41) is 11.1. The summed E-state index contributed by atoms with van der Waals surface area (Å²) in [5.74, 6) is 0. The first-order valence-electron chi connectivity index (χ1n) is 4.99. The Bertz CT molecular complexity index is 798. The molecular weight excluding hydrogens is 277 g/mol. The van der Waals surface area contributed by atoms with Gasteiger partial charge in [-0.05, 0) is 18.2 Å². The standard InChI is InChI=1S/C11H5Cl2N3O2/c12-6-5-7-10(11(9(6)13)16(17)18)14-8-3-1-2-4-15(7)8/h1-5H. The van der Waals surface area contributed by atoms with Gasteiger partial charge < -0.3 is 0 Å². The Morgan fingerprint density at radius 2 is 2.11 bits per heavy atom. The van der Waals surface area contributed by atoms with E-state index in [0.717, 1.165) is 0 Å². The number of rotatable bonds is 1. The summed E-state index contributed by atoms with van der Waals surface area (Å²) in [5.41, 5.74) is 1.14. The quantitative estimate of drug-likeness (QED) is 0.505. The molecule has 0 spiro atoms. The molecule has 5 nitrogen and oxygen atoms in total. The van der Waals surface area contributed by atoms with Crippen molar-refractivity contribution in [2.45, 2.75) is 0 Å². The monoisotopic (exact) mass is 281 g/mol. The average molecular weight is 282 g/mol. The van der Waals surface area contributed by atoms with Crippen LogP contribution in [0.3, 0.4) is 0 Å². The first-order chi connectivity index (χ1) is 8.59. The highest BCUT2D eigenvalue weighted by Crippen LogP contribution is 2.38. The van der Waals surface area contributed by atoms with Gasteiger partial charge >= 0.3 is 5.69 Å². The van der Waals surface area contributed by atoms with Crippen molar-refractivity contribution >= 4 is 45.6 Å². The van der Waals surface area contributed by atoms with Crippen LogP contribution in [0.1, 0.15) is 0 Å². The minimum absolute atomic E-state index is 0.0856. The van der Waals surface area contributed by atoms with E-state index >= 15 is 0 Å². The second-order valence-electron chi connectivity index (χ2n) is 3.69. The van der Waals surface area contributed by atoms with Crippen molar-refractivity contribution in [3.05, 3.63) is 50.6 Å². The van der Waals surface area contributed by atoms with E-state index in [2.05, 4.69) is 4.98 Å². The van der Waals surface area contributed by atoms with Crippen LogP contribution >= 0.6 is 23.2 Å². The molecule has 0 bridgehead atoms. The Morgan fingerprint density at radius 3 is 2.83 bits per heavy atom. The fraction of sp³-hybridized carbons (Fsp3) is 0. The third-order valence-corrected chi connectivity index (χ3v) is 3.43. The predicted octanol–water partition coefficient (Wildman–Crippen LogP) is 3.70. The highest BCUT2D eigenvalue weighted by molar-refractivity contribution is 6.44. The fourth-order valence-corrected chi connectivity index (χ4v) is 2.30. The van der Waals surface area contributed by atoms with Crippen LogP contribution in [0.15, 0.2) is 30.5 Å². The van der Waals surface area contributed by atoms with Crippen molar-refractivity contribution in [2.24, 2.45) is 0 Å². The van der Waals surface area contributed by atoms with E-state index in [1.165, 1.54) is 0 Å². The molecule has 0 N–H and O–H groups in total. The van der Waals surface area contributed by atoms with E-state index in [1.54, 1.807) is 28.8 Å². The third kappa shape index (κ3) is 1.45. The molecule has 0 aliphatic heterocycles. The second-order valence-corrected chi connectivity index (χ2v) is 4.47. The van der Waals surface area contributed by atoms with Gasteiger partial charge in [-0.3, -0.25) is 14.5 Å². The number of hydrogen-bond donors (Lipinski definition) is 0. The number of halogens is 2. The maximum atomic E-state index is 11.1. The number of nitro benzene ring substituents is 1. The van der Waals surface area contributed by atoms with Crippen LogP contribution in [0.25, 0.3) is 16.7 Å². The zero-order valence-electron chi connectivity index (χ0n) is 8.80. The number of nitrogens with zero attached hydrogens (tertiary/aromatic N) is 3. The molecule has 0 aliphatic carbocycles. The van der Waals surface area contributed by atoms with Crippen LogP contribution in [0.2, 0.25) is 10.0 Å². The molecule has 0 amide bonds. The first-order valence-corrected chi connectivity index (χ1v) is 5.74. The van der Waals surface area contributed by atoms with Crippen molar-refractivity contribution in [3.8, 4) is 0 Å². The predicted molar refractivity (Wildman–Crippen MR) is 69.4 cm³/mol. The van der Waals surface area contributed by atoms with Gasteiger partial charge in [-0.2, -0.15) is 0 Å². The zero-order valence-corrected chi connectivity index (χ0v) is 10.3. The molecule has 0 atom stereocenters. The Hall–Kier alpha value is -1.85. The molecule has 1 aromatic carbocycles. The molecule has 7 heteroatoms. The Labute approximate surface area is 111 Å². The smallest absolute Gasteiger partial charge is 0.299 e. The van der Waals surface area contributed by atoms with Crippen molar-refractivity contribution in [3.63, 3.8) is 0 Å². The SMILES string of the molecule is O=[N+]([O-])c1c(Cl)c(Cl)cc2c1nc1ccccn12. The summed E-state index contributed by atoms with van der Waals surface area (Å²) < 4.78 is 1.73. The molecule has 0 unspecified atom stereocenters. The molecule has 2 aromatic heterocycles. The molecule has 0 aliphatic rings. The van der Waals surface area contributed by atoms with Crippen molar-refractivity contribution in [1.82, 2.24) is 9.38 Å². The van der Waals surface area contributed by atoms with Gasteiger partial charge in [-0.25, -0.2) is 4.98 Å². The molecule has 90 valence electrons. The number of aromatic nitrogens is 2. The largest absolute Gasteiger partial charge is 0.317 e. The number of imidazole rings is 1. The van der Waals surface area contributed by atoms with Crippen LogP contribution < -0.4 is 0 Å². The molecular formula is C11H5Cl2N3O2. The van der Waals surface area contributed by atoms with Gasteiger partial charge in [0.25, 0.3) is 0 Å². The van der Waals surface area contributed by atoms with Gasteiger partial charge in [0.1, 0.15) is 10.7 Å². The van der Waals surface area contributed by atoms with Crippen LogP contribution in [0.5, 0.6) is 0 Å². The molecule has 3 aromatic rings. The lowest BCUT2D eigenvalue weighted by atomic mass is 10.2. The summed E-state index contributed by atoms with van der Waals surface area (Å²) in [6.07, 6.45) is 1.76. The molecule has 0 radical (unpaired) electrons.